The lowest BCUT2D eigenvalue weighted by molar-refractivity contribution is 1.08. The van der Waals surface area contributed by atoms with Gasteiger partial charge in [-0.05, 0) is 80.0 Å². The zero-order chi connectivity index (χ0) is 39.1. The van der Waals surface area contributed by atoms with E-state index >= 15 is 0 Å². The van der Waals surface area contributed by atoms with Crippen molar-refractivity contribution in [2.75, 3.05) is 0 Å². The van der Waals surface area contributed by atoms with Gasteiger partial charge in [0.15, 0.2) is 17.5 Å². The smallest absolute Gasteiger partial charge is 0.164 e. The lowest BCUT2D eigenvalue weighted by atomic mass is 9.86. The molecule has 59 heavy (non-hydrogen) atoms. The van der Waals surface area contributed by atoms with Crippen molar-refractivity contribution in [3.63, 3.8) is 0 Å². The van der Waals surface area contributed by atoms with Gasteiger partial charge in [-0.15, -0.1) is 11.3 Å². The minimum absolute atomic E-state index is 0.616. The second-order valence-electron chi connectivity index (χ2n) is 14.8. The molecule has 276 valence electrons. The number of rotatable bonds is 7. The third-order valence-corrected chi connectivity index (χ3v) is 12.3. The molecule has 0 atom stereocenters. The zero-order valence-electron chi connectivity index (χ0n) is 32.0. The van der Waals surface area contributed by atoms with Crippen molar-refractivity contribution in [2.45, 2.75) is 0 Å². The van der Waals surface area contributed by atoms with E-state index in [2.05, 4.69) is 206 Å². The predicted molar refractivity (Wildman–Crippen MR) is 248 cm³/mol. The van der Waals surface area contributed by atoms with Crippen LogP contribution in [-0.4, -0.2) is 15.0 Å². The van der Waals surface area contributed by atoms with Crippen molar-refractivity contribution in [1.82, 2.24) is 15.0 Å². The lowest BCUT2D eigenvalue weighted by Gasteiger charge is -2.19. The molecule has 11 rings (SSSR count). The Morgan fingerprint density at radius 3 is 1.53 bits per heavy atom. The van der Waals surface area contributed by atoms with Crippen LogP contribution in [0.15, 0.2) is 212 Å². The van der Waals surface area contributed by atoms with Crippen LogP contribution < -0.4 is 0 Å². The van der Waals surface area contributed by atoms with Crippen LogP contribution in [-0.2, 0) is 0 Å². The summed E-state index contributed by atoms with van der Waals surface area (Å²) in [7, 11) is 0. The van der Waals surface area contributed by atoms with E-state index < -0.39 is 0 Å². The van der Waals surface area contributed by atoms with Crippen LogP contribution in [0.2, 0.25) is 0 Å². The predicted octanol–water partition coefficient (Wildman–Crippen LogP) is 15.1. The van der Waals surface area contributed by atoms with E-state index in [4.69, 9.17) is 15.0 Å². The van der Waals surface area contributed by atoms with Crippen LogP contribution in [0, 0.1) is 0 Å². The van der Waals surface area contributed by atoms with Crippen LogP contribution >= 0.6 is 11.3 Å². The van der Waals surface area contributed by atoms with Gasteiger partial charge in [0.1, 0.15) is 0 Å². The van der Waals surface area contributed by atoms with E-state index in [1.54, 1.807) is 0 Å². The molecule has 0 saturated heterocycles. The zero-order valence-corrected chi connectivity index (χ0v) is 32.8. The molecule has 0 saturated carbocycles. The maximum Gasteiger partial charge on any atom is 0.164 e. The number of hydrogen-bond donors (Lipinski definition) is 0. The van der Waals surface area contributed by atoms with Gasteiger partial charge in [-0.25, -0.2) is 15.0 Å². The maximum absolute atomic E-state index is 5.43. The summed E-state index contributed by atoms with van der Waals surface area (Å²) in [6.45, 7) is 0. The van der Waals surface area contributed by atoms with E-state index in [0.717, 1.165) is 66.4 Å². The summed E-state index contributed by atoms with van der Waals surface area (Å²) in [5, 5.41) is 4.76. The number of benzene rings is 9. The van der Waals surface area contributed by atoms with Gasteiger partial charge in [-0.1, -0.05) is 182 Å². The minimum atomic E-state index is 0.616. The number of fused-ring (bicyclic) bond motifs is 4. The van der Waals surface area contributed by atoms with Gasteiger partial charge in [0.2, 0.25) is 0 Å². The third kappa shape index (κ3) is 6.46. The fraction of sp³-hybridized carbons (Fsp3) is 0. The summed E-state index contributed by atoms with van der Waals surface area (Å²) in [6.07, 6.45) is 0. The molecule has 0 fully saturated rings. The van der Waals surface area contributed by atoms with Gasteiger partial charge in [-0.3, -0.25) is 0 Å². The van der Waals surface area contributed by atoms with Gasteiger partial charge in [0, 0.05) is 42.4 Å². The Morgan fingerprint density at radius 2 is 0.780 bits per heavy atom. The Hall–Kier alpha value is -7.53. The van der Waals surface area contributed by atoms with Gasteiger partial charge >= 0.3 is 0 Å². The van der Waals surface area contributed by atoms with E-state index in [-0.39, 0.29) is 0 Å². The molecule has 0 aliphatic rings. The average molecular weight is 770 g/mol. The van der Waals surface area contributed by atoms with Gasteiger partial charge < -0.3 is 0 Å². The van der Waals surface area contributed by atoms with Crippen molar-refractivity contribution < 1.29 is 0 Å². The summed E-state index contributed by atoms with van der Waals surface area (Å²) in [5.74, 6) is 1.87. The lowest BCUT2D eigenvalue weighted by Crippen LogP contribution is -2.02. The summed E-state index contributed by atoms with van der Waals surface area (Å²) in [6, 6.07) is 75.3. The Bertz CT molecular complexity index is 3300. The van der Waals surface area contributed by atoms with Crippen LogP contribution in [0.5, 0.6) is 0 Å². The van der Waals surface area contributed by atoms with E-state index in [1.165, 1.54) is 25.7 Å². The number of nitrogens with zero attached hydrogens (tertiary/aromatic N) is 3. The topological polar surface area (TPSA) is 38.7 Å². The quantitative estimate of drug-likeness (QED) is 0.162. The van der Waals surface area contributed by atoms with Crippen molar-refractivity contribution in [3.8, 4) is 78.7 Å². The van der Waals surface area contributed by atoms with Crippen LogP contribution in [0.1, 0.15) is 0 Å². The van der Waals surface area contributed by atoms with Gasteiger partial charge in [0.05, 0.1) is 0 Å². The van der Waals surface area contributed by atoms with Gasteiger partial charge in [-0.2, -0.15) is 0 Å². The molecule has 4 heteroatoms. The highest BCUT2D eigenvalue weighted by atomic mass is 32.1. The summed E-state index contributed by atoms with van der Waals surface area (Å²) >= 11 is 1.84. The van der Waals surface area contributed by atoms with E-state index in [0.29, 0.717) is 17.5 Å². The molecular weight excluding hydrogens is 735 g/mol. The molecule has 2 aromatic heterocycles. The molecule has 9 aromatic carbocycles. The molecule has 0 aliphatic carbocycles. The standard InChI is InChI=1S/C55H35N3S/c1-4-15-36(16-5-1)38-27-29-41(30-28-38)53-56-54(46-25-14-22-39-19-10-11-23-44(39)46)58-55(57-53)49-35-43(37-17-6-2-7-18-37)34-47(52(49)40-20-8-3-9-21-40)42-31-32-51-48(33-42)45-24-12-13-26-50(45)59-51/h1-35H. The molecule has 0 amide bonds. The Labute approximate surface area is 346 Å². The molecule has 0 aliphatic heterocycles. The molecular formula is C55H35N3S. The minimum Gasteiger partial charge on any atom is -0.208 e. The van der Waals surface area contributed by atoms with Crippen molar-refractivity contribution >= 4 is 42.3 Å². The second kappa shape index (κ2) is 14.8. The maximum atomic E-state index is 5.43. The molecule has 11 aromatic rings. The summed E-state index contributed by atoms with van der Waals surface area (Å²) in [5.41, 5.74) is 11.8. The fourth-order valence-electron chi connectivity index (χ4n) is 8.26. The van der Waals surface area contributed by atoms with Crippen LogP contribution in [0.25, 0.3) is 110 Å². The first-order chi connectivity index (χ1) is 29.2. The first-order valence-electron chi connectivity index (χ1n) is 19.8. The Morgan fingerprint density at radius 1 is 0.271 bits per heavy atom. The highest BCUT2D eigenvalue weighted by molar-refractivity contribution is 7.25. The van der Waals surface area contributed by atoms with Gasteiger partial charge in [0.25, 0.3) is 0 Å². The molecule has 0 bridgehead atoms. The number of hydrogen-bond acceptors (Lipinski definition) is 4. The number of thiophene rings is 1. The SMILES string of the molecule is c1ccc(-c2ccc(-c3nc(-c4cc(-c5ccccc5)cc(-c5ccc6sc7ccccc7c6c5)c4-c4ccccc4)nc(-c4cccc5ccccc45)n3)cc2)cc1. The molecule has 0 radical (unpaired) electrons. The molecule has 2 heterocycles. The molecule has 0 spiro atoms. The van der Waals surface area contributed by atoms with Crippen molar-refractivity contribution in [2.24, 2.45) is 0 Å². The first kappa shape index (κ1) is 34.7. The third-order valence-electron chi connectivity index (χ3n) is 11.2. The monoisotopic (exact) mass is 769 g/mol. The van der Waals surface area contributed by atoms with Crippen LogP contribution in [0.4, 0.5) is 0 Å². The van der Waals surface area contributed by atoms with Crippen molar-refractivity contribution in [1.29, 1.82) is 0 Å². The summed E-state index contributed by atoms with van der Waals surface area (Å²) in [4.78, 5) is 16.1. The van der Waals surface area contributed by atoms with E-state index in [1.807, 2.05) is 17.4 Å². The molecule has 0 unspecified atom stereocenters. The largest absolute Gasteiger partial charge is 0.208 e. The Kier molecular flexibility index (Phi) is 8.68. The normalized spacial score (nSPS) is 11.4. The van der Waals surface area contributed by atoms with E-state index in [9.17, 15) is 0 Å². The Balaban J connectivity index is 1.20. The highest BCUT2D eigenvalue weighted by Gasteiger charge is 2.22. The van der Waals surface area contributed by atoms with Crippen molar-refractivity contribution in [3.05, 3.63) is 212 Å². The molecule has 3 nitrogen and oxygen atoms in total. The summed E-state index contributed by atoms with van der Waals surface area (Å²) < 4.78 is 2.56. The number of aromatic nitrogens is 3. The van der Waals surface area contributed by atoms with Crippen LogP contribution in [0.3, 0.4) is 0 Å². The first-order valence-corrected chi connectivity index (χ1v) is 20.7. The molecule has 0 N–H and O–H groups in total. The second-order valence-corrected chi connectivity index (χ2v) is 15.8. The fourth-order valence-corrected chi connectivity index (χ4v) is 9.35. The highest BCUT2D eigenvalue weighted by Crippen LogP contribution is 2.45. The average Bonchev–Trinajstić information content (AvgIpc) is 3.70.